The van der Waals surface area contributed by atoms with Crippen molar-refractivity contribution in [2.45, 2.75) is 25.4 Å². The molecule has 30 heavy (non-hydrogen) atoms. The van der Waals surface area contributed by atoms with Crippen LogP contribution in [0.3, 0.4) is 0 Å². The zero-order valence-electron chi connectivity index (χ0n) is 16.9. The van der Waals surface area contributed by atoms with Crippen molar-refractivity contribution in [3.63, 3.8) is 0 Å². The standard InChI is InChI=1S/C22H23N5O2S/c1-15-8-9-18(27(15)16-6-5-11-23-14-16)21-20(17-7-3-4-12-24-17)25-22(30)26(21)13-10-19(28)29-2/h3-9,11-12,14,20-21H,10,13H2,1-2H3,(H,25,30)/t20-,21+/m1/s1. The number of carbonyl (C=O) groups is 1. The van der Waals surface area contributed by atoms with E-state index in [2.05, 4.69) is 38.9 Å². The Labute approximate surface area is 180 Å². The predicted molar refractivity (Wildman–Crippen MR) is 117 cm³/mol. The van der Waals surface area contributed by atoms with E-state index < -0.39 is 0 Å². The van der Waals surface area contributed by atoms with E-state index in [1.54, 1.807) is 12.4 Å². The summed E-state index contributed by atoms with van der Waals surface area (Å²) in [6.45, 7) is 2.51. The molecule has 0 aromatic carbocycles. The van der Waals surface area contributed by atoms with Crippen LogP contribution in [0.4, 0.5) is 0 Å². The number of rotatable bonds is 6. The summed E-state index contributed by atoms with van der Waals surface area (Å²) in [5.74, 6) is -0.267. The van der Waals surface area contributed by atoms with Crippen LogP contribution in [0.1, 0.15) is 35.6 Å². The van der Waals surface area contributed by atoms with E-state index in [4.69, 9.17) is 17.0 Å². The molecule has 4 rings (SSSR count). The normalized spacial score (nSPS) is 18.3. The number of hydrogen-bond acceptors (Lipinski definition) is 5. The molecule has 3 aromatic rings. The second-order valence-corrected chi connectivity index (χ2v) is 7.48. The van der Waals surface area contributed by atoms with Crippen LogP contribution in [0, 0.1) is 6.92 Å². The minimum atomic E-state index is -0.267. The lowest BCUT2D eigenvalue weighted by Crippen LogP contribution is -2.32. The van der Waals surface area contributed by atoms with E-state index in [9.17, 15) is 4.79 Å². The van der Waals surface area contributed by atoms with Gasteiger partial charge < -0.3 is 19.5 Å². The van der Waals surface area contributed by atoms with Gasteiger partial charge in [-0.15, -0.1) is 0 Å². The van der Waals surface area contributed by atoms with E-state index in [0.717, 1.165) is 22.8 Å². The Balaban J connectivity index is 1.79. The van der Waals surface area contributed by atoms with E-state index in [1.165, 1.54) is 7.11 Å². The third-order valence-electron chi connectivity index (χ3n) is 5.30. The number of aryl methyl sites for hydroxylation is 1. The highest BCUT2D eigenvalue weighted by atomic mass is 32.1. The van der Waals surface area contributed by atoms with Gasteiger partial charge in [0.05, 0.1) is 43.2 Å². The Morgan fingerprint density at radius 3 is 2.77 bits per heavy atom. The lowest BCUT2D eigenvalue weighted by Gasteiger charge is -2.29. The van der Waals surface area contributed by atoms with Gasteiger partial charge in [-0.3, -0.25) is 14.8 Å². The lowest BCUT2D eigenvalue weighted by atomic mass is 10.0. The maximum absolute atomic E-state index is 11.8. The summed E-state index contributed by atoms with van der Waals surface area (Å²) >= 11 is 5.66. The maximum atomic E-state index is 11.8. The number of carbonyl (C=O) groups excluding carboxylic acids is 1. The Hall–Kier alpha value is -3.26. The summed E-state index contributed by atoms with van der Waals surface area (Å²) in [7, 11) is 1.40. The van der Waals surface area contributed by atoms with Gasteiger partial charge in [0.2, 0.25) is 0 Å². The molecule has 0 bridgehead atoms. The van der Waals surface area contributed by atoms with E-state index in [0.29, 0.717) is 11.7 Å². The number of thiocarbonyl (C=S) groups is 1. The van der Waals surface area contributed by atoms with Crippen LogP contribution in [-0.2, 0) is 9.53 Å². The van der Waals surface area contributed by atoms with Crippen LogP contribution < -0.4 is 5.32 Å². The van der Waals surface area contributed by atoms with Crippen LogP contribution in [0.15, 0.2) is 61.1 Å². The fraction of sp³-hybridized carbons (Fsp3) is 0.273. The molecule has 1 aliphatic rings. The molecular weight excluding hydrogens is 398 g/mol. The van der Waals surface area contributed by atoms with Crippen molar-refractivity contribution in [1.29, 1.82) is 0 Å². The van der Waals surface area contributed by atoms with E-state index in [1.807, 2.05) is 41.4 Å². The van der Waals surface area contributed by atoms with Gasteiger partial charge >= 0.3 is 5.97 Å². The SMILES string of the molecule is COC(=O)CCN1C(=S)N[C@H](c2ccccn2)[C@@H]1c1ccc(C)n1-c1cccnc1. The third-order valence-corrected chi connectivity index (χ3v) is 5.65. The number of aromatic nitrogens is 3. The highest BCUT2D eigenvalue weighted by Crippen LogP contribution is 2.40. The summed E-state index contributed by atoms with van der Waals surface area (Å²) in [6, 6.07) is 13.7. The van der Waals surface area contributed by atoms with Crippen molar-refractivity contribution in [2.75, 3.05) is 13.7 Å². The van der Waals surface area contributed by atoms with Crippen molar-refractivity contribution >= 4 is 23.3 Å². The van der Waals surface area contributed by atoms with Crippen molar-refractivity contribution in [1.82, 2.24) is 24.8 Å². The molecule has 2 atom stereocenters. The highest BCUT2D eigenvalue weighted by molar-refractivity contribution is 7.80. The second-order valence-electron chi connectivity index (χ2n) is 7.09. The Kier molecular flexibility index (Phi) is 5.76. The molecule has 1 saturated heterocycles. The Morgan fingerprint density at radius 1 is 1.20 bits per heavy atom. The van der Waals surface area contributed by atoms with Gasteiger partial charge in [0.15, 0.2) is 5.11 Å². The van der Waals surface area contributed by atoms with Gasteiger partial charge in [0.1, 0.15) is 0 Å². The van der Waals surface area contributed by atoms with Gasteiger partial charge in [0.25, 0.3) is 0 Å². The summed E-state index contributed by atoms with van der Waals surface area (Å²) < 4.78 is 7.01. The first kappa shape index (κ1) is 20.0. The Morgan fingerprint density at radius 2 is 2.07 bits per heavy atom. The molecule has 0 unspecified atom stereocenters. The summed E-state index contributed by atoms with van der Waals surface area (Å²) in [5, 5.41) is 4.01. The number of hydrogen-bond donors (Lipinski definition) is 1. The first-order valence-corrected chi connectivity index (χ1v) is 10.1. The van der Waals surface area contributed by atoms with Crippen LogP contribution in [0.2, 0.25) is 0 Å². The number of methoxy groups -OCH3 is 1. The van der Waals surface area contributed by atoms with Crippen molar-refractivity contribution in [3.8, 4) is 5.69 Å². The zero-order chi connectivity index (χ0) is 21.1. The molecule has 0 aliphatic carbocycles. The molecule has 0 radical (unpaired) electrons. The quantitative estimate of drug-likeness (QED) is 0.484. The van der Waals surface area contributed by atoms with Gasteiger partial charge in [-0.2, -0.15) is 0 Å². The van der Waals surface area contributed by atoms with Crippen LogP contribution >= 0.6 is 12.2 Å². The molecule has 0 spiro atoms. The number of ether oxygens (including phenoxy) is 1. The number of nitrogens with one attached hydrogen (secondary N) is 1. The molecule has 8 heteroatoms. The number of pyridine rings is 2. The van der Waals surface area contributed by atoms with Gasteiger partial charge in [-0.25, -0.2) is 0 Å². The minimum Gasteiger partial charge on any atom is -0.469 e. The maximum Gasteiger partial charge on any atom is 0.307 e. The van der Waals surface area contributed by atoms with Crippen molar-refractivity contribution < 1.29 is 9.53 Å². The molecule has 1 N–H and O–H groups in total. The molecule has 1 aliphatic heterocycles. The van der Waals surface area contributed by atoms with Gasteiger partial charge in [-0.1, -0.05) is 6.07 Å². The molecular formula is C22H23N5O2S. The average Bonchev–Trinajstić information content (AvgIpc) is 3.32. The smallest absolute Gasteiger partial charge is 0.307 e. The minimum absolute atomic E-state index is 0.147. The van der Waals surface area contributed by atoms with Gasteiger partial charge in [-0.05, 0) is 55.5 Å². The first-order chi connectivity index (χ1) is 14.6. The molecule has 7 nitrogen and oxygen atoms in total. The van der Waals surface area contributed by atoms with Crippen molar-refractivity contribution in [3.05, 3.63) is 78.1 Å². The lowest BCUT2D eigenvalue weighted by molar-refractivity contribution is -0.140. The van der Waals surface area contributed by atoms with Crippen LogP contribution in [0.25, 0.3) is 5.69 Å². The van der Waals surface area contributed by atoms with Crippen LogP contribution in [-0.4, -0.2) is 44.2 Å². The highest BCUT2D eigenvalue weighted by Gasteiger charge is 2.41. The first-order valence-electron chi connectivity index (χ1n) is 9.73. The van der Waals surface area contributed by atoms with Gasteiger partial charge in [0, 0.05) is 30.3 Å². The molecule has 1 fully saturated rings. The molecule has 0 saturated carbocycles. The average molecular weight is 422 g/mol. The monoisotopic (exact) mass is 421 g/mol. The summed E-state index contributed by atoms with van der Waals surface area (Å²) in [5.41, 5.74) is 4.00. The predicted octanol–water partition coefficient (Wildman–Crippen LogP) is 3.11. The molecule has 4 heterocycles. The molecule has 3 aromatic heterocycles. The molecule has 154 valence electrons. The van der Waals surface area contributed by atoms with Crippen LogP contribution in [0.5, 0.6) is 0 Å². The van der Waals surface area contributed by atoms with Crippen molar-refractivity contribution in [2.24, 2.45) is 0 Å². The zero-order valence-corrected chi connectivity index (χ0v) is 17.7. The third kappa shape index (κ3) is 3.78. The fourth-order valence-electron chi connectivity index (χ4n) is 3.91. The largest absolute Gasteiger partial charge is 0.469 e. The van der Waals surface area contributed by atoms with E-state index in [-0.39, 0.29) is 24.5 Å². The summed E-state index contributed by atoms with van der Waals surface area (Å²) in [4.78, 5) is 22.7. The fourth-order valence-corrected chi connectivity index (χ4v) is 4.24. The Bertz CT molecular complexity index is 1040. The number of nitrogens with zero attached hydrogens (tertiary/aromatic N) is 4. The van der Waals surface area contributed by atoms with E-state index >= 15 is 0 Å². The second kappa shape index (κ2) is 8.62. The topological polar surface area (TPSA) is 72.3 Å². The number of esters is 1. The summed E-state index contributed by atoms with van der Waals surface area (Å²) in [6.07, 6.45) is 5.62. The molecule has 0 amide bonds.